The molecule has 2 rings (SSSR count). The Hall–Kier alpha value is -2.76. The third kappa shape index (κ3) is 4.38. The number of hydrogen-bond donors (Lipinski definition) is 1. The standard InChI is InChI=1S/C18H23N3O3/c1-4-21(5-2)15-10-8-14(9-11-15)19-17(22)13-24-18(23)16-7-6-12-20(16)3/h6-12H,4-5,13H2,1-3H3,(H,19,22). The van der Waals surface area contributed by atoms with Gasteiger partial charge >= 0.3 is 5.97 Å². The summed E-state index contributed by atoms with van der Waals surface area (Å²) in [5.41, 5.74) is 2.19. The van der Waals surface area contributed by atoms with Gasteiger partial charge in [0.2, 0.25) is 0 Å². The number of esters is 1. The molecule has 128 valence electrons. The minimum absolute atomic E-state index is 0.318. The number of carbonyl (C=O) groups excluding carboxylic acids is 2. The highest BCUT2D eigenvalue weighted by Crippen LogP contribution is 2.17. The first-order valence-electron chi connectivity index (χ1n) is 7.98. The molecule has 0 bridgehead atoms. The summed E-state index contributed by atoms with van der Waals surface area (Å²) in [4.78, 5) is 26.0. The number of rotatable bonds is 7. The number of aromatic nitrogens is 1. The van der Waals surface area contributed by atoms with Crippen LogP contribution in [0.15, 0.2) is 42.6 Å². The maximum absolute atomic E-state index is 11.9. The van der Waals surface area contributed by atoms with E-state index in [1.165, 1.54) is 0 Å². The Balaban J connectivity index is 1.86. The molecule has 6 heteroatoms. The maximum atomic E-state index is 11.9. The molecular weight excluding hydrogens is 306 g/mol. The number of carbonyl (C=O) groups is 2. The van der Waals surface area contributed by atoms with Gasteiger partial charge in [0.25, 0.3) is 5.91 Å². The summed E-state index contributed by atoms with van der Waals surface area (Å²) >= 11 is 0. The molecule has 0 aliphatic heterocycles. The van der Waals surface area contributed by atoms with Gasteiger partial charge in [-0.1, -0.05) is 0 Å². The summed E-state index contributed by atoms with van der Waals surface area (Å²) in [6.45, 7) is 5.73. The summed E-state index contributed by atoms with van der Waals surface area (Å²) in [7, 11) is 1.74. The van der Waals surface area contributed by atoms with Gasteiger partial charge in [0.05, 0.1) is 0 Å². The molecule has 0 spiro atoms. The highest BCUT2D eigenvalue weighted by atomic mass is 16.5. The molecule has 0 saturated heterocycles. The summed E-state index contributed by atoms with van der Waals surface area (Å²) in [6, 6.07) is 11.0. The quantitative estimate of drug-likeness (QED) is 0.793. The molecule has 6 nitrogen and oxygen atoms in total. The number of nitrogens with one attached hydrogen (secondary N) is 1. The van der Waals surface area contributed by atoms with E-state index < -0.39 is 5.97 Å². The Kier molecular flexibility index (Phi) is 6.01. The average molecular weight is 329 g/mol. The third-order valence-electron chi connectivity index (χ3n) is 3.77. The van der Waals surface area contributed by atoms with E-state index in [1.54, 1.807) is 29.9 Å². The Morgan fingerprint density at radius 2 is 1.79 bits per heavy atom. The van der Waals surface area contributed by atoms with Crippen molar-refractivity contribution in [1.82, 2.24) is 4.57 Å². The van der Waals surface area contributed by atoms with Crippen molar-refractivity contribution < 1.29 is 14.3 Å². The summed E-state index contributed by atoms with van der Waals surface area (Å²) in [5.74, 6) is -0.886. The first-order valence-corrected chi connectivity index (χ1v) is 7.98. The lowest BCUT2D eigenvalue weighted by molar-refractivity contribution is -0.119. The number of benzene rings is 1. The molecule has 0 radical (unpaired) electrons. The van der Waals surface area contributed by atoms with Crippen molar-refractivity contribution in [1.29, 1.82) is 0 Å². The van der Waals surface area contributed by atoms with Gasteiger partial charge in [-0.3, -0.25) is 4.79 Å². The number of nitrogens with zero attached hydrogens (tertiary/aromatic N) is 2. The predicted molar refractivity (Wildman–Crippen MR) is 94.3 cm³/mol. The van der Waals surface area contributed by atoms with Crippen LogP contribution in [0, 0.1) is 0 Å². The van der Waals surface area contributed by atoms with Gasteiger partial charge in [-0.05, 0) is 50.2 Å². The fourth-order valence-electron chi connectivity index (χ4n) is 2.42. The van der Waals surface area contributed by atoms with Crippen LogP contribution in [-0.4, -0.2) is 36.1 Å². The smallest absolute Gasteiger partial charge is 0.355 e. The molecule has 2 aromatic rings. The Morgan fingerprint density at radius 1 is 1.12 bits per heavy atom. The maximum Gasteiger partial charge on any atom is 0.355 e. The number of ether oxygens (including phenoxy) is 1. The number of anilines is 2. The molecular formula is C18H23N3O3. The fraction of sp³-hybridized carbons (Fsp3) is 0.333. The highest BCUT2D eigenvalue weighted by molar-refractivity contribution is 5.95. The average Bonchev–Trinajstić information content (AvgIpc) is 3.01. The van der Waals surface area contributed by atoms with E-state index in [0.717, 1.165) is 18.8 Å². The number of aryl methyl sites for hydroxylation is 1. The van der Waals surface area contributed by atoms with Crippen LogP contribution in [0.5, 0.6) is 0 Å². The molecule has 1 aromatic carbocycles. The Labute approximate surface area is 142 Å². The molecule has 0 aliphatic carbocycles. The van der Waals surface area contributed by atoms with E-state index in [0.29, 0.717) is 11.4 Å². The highest BCUT2D eigenvalue weighted by Gasteiger charge is 2.12. The van der Waals surface area contributed by atoms with Gasteiger partial charge in [0, 0.05) is 37.7 Å². The first-order chi connectivity index (χ1) is 11.5. The second-order valence-corrected chi connectivity index (χ2v) is 5.35. The molecule has 1 N–H and O–H groups in total. The van der Waals surface area contributed by atoms with E-state index >= 15 is 0 Å². The number of amides is 1. The van der Waals surface area contributed by atoms with Gasteiger partial charge in [0.1, 0.15) is 5.69 Å². The van der Waals surface area contributed by atoms with Crippen LogP contribution in [-0.2, 0) is 16.6 Å². The van der Waals surface area contributed by atoms with Gasteiger partial charge in [-0.2, -0.15) is 0 Å². The van der Waals surface area contributed by atoms with Crippen LogP contribution in [0.25, 0.3) is 0 Å². The molecule has 0 aliphatic rings. The first kappa shape index (κ1) is 17.6. The Bertz CT molecular complexity index is 688. The molecule has 0 saturated carbocycles. The number of hydrogen-bond acceptors (Lipinski definition) is 4. The molecule has 24 heavy (non-hydrogen) atoms. The molecule has 1 amide bonds. The van der Waals surface area contributed by atoms with Crippen LogP contribution < -0.4 is 10.2 Å². The lowest BCUT2D eigenvalue weighted by atomic mass is 10.2. The zero-order valence-corrected chi connectivity index (χ0v) is 14.3. The molecule has 0 unspecified atom stereocenters. The minimum atomic E-state index is -0.519. The van der Waals surface area contributed by atoms with Crippen LogP contribution in [0.4, 0.5) is 11.4 Å². The van der Waals surface area contributed by atoms with E-state index in [4.69, 9.17) is 4.74 Å². The van der Waals surface area contributed by atoms with Crippen LogP contribution in [0.1, 0.15) is 24.3 Å². The van der Waals surface area contributed by atoms with Crippen molar-refractivity contribution >= 4 is 23.3 Å². The minimum Gasteiger partial charge on any atom is -0.451 e. The summed E-state index contributed by atoms with van der Waals surface area (Å²) < 4.78 is 6.66. The Morgan fingerprint density at radius 3 is 2.33 bits per heavy atom. The van der Waals surface area contributed by atoms with Crippen molar-refractivity contribution in [3.05, 3.63) is 48.3 Å². The van der Waals surface area contributed by atoms with Crippen molar-refractivity contribution in [2.24, 2.45) is 7.05 Å². The van der Waals surface area contributed by atoms with Gasteiger partial charge in [0.15, 0.2) is 6.61 Å². The zero-order chi connectivity index (χ0) is 17.5. The molecule has 1 aromatic heterocycles. The fourth-order valence-corrected chi connectivity index (χ4v) is 2.42. The monoisotopic (exact) mass is 329 g/mol. The van der Waals surface area contributed by atoms with Crippen LogP contribution >= 0.6 is 0 Å². The summed E-state index contributed by atoms with van der Waals surface area (Å²) in [5, 5.41) is 2.72. The predicted octanol–water partition coefficient (Wildman–Crippen LogP) is 2.67. The molecule has 1 heterocycles. The summed E-state index contributed by atoms with van der Waals surface area (Å²) in [6.07, 6.45) is 1.74. The third-order valence-corrected chi connectivity index (χ3v) is 3.77. The largest absolute Gasteiger partial charge is 0.451 e. The molecule has 0 fully saturated rings. The van der Waals surface area contributed by atoms with E-state index in [2.05, 4.69) is 24.1 Å². The topological polar surface area (TPSA) is 63.6 Å². The van der Waals surface area contributed by atoms with E-state index in [-0.39, 0.29) is 12.5 Å². The second kappa shape index (κ2) is 8.19. The molecule has 0 atom stereocenters. The van der Waals surface area contributed by atoms with Gasteiger partial charge in [-0.15, -0.1) is 0 Å². The van der Waals surface area contributed by atoms with Gasteiger partial charge in [-0.25, -0.2) is 4.79 Å². The normalized spacial score (nSPS) is 10.3. The van der Waals surface area contributed by atoms with Crippen molar-refractivity contribution in [3.63, 3.8) is 0 Å². The SMILES string of the molecule is CCN(CC)c1ccc(NC(=O)COC(=O)c2cccn2C)cc1. The van der Waals surface area contributed by atoms with Crippen molar-refractivity contribution in [2.45, 2.75) is 13.8 Å². The van der Waals surface area contributed by atoms with E-state index in [1.807, 2.05) is 24.3 Å². The van der Waals surface area contributed by atoms with Crippen molar-refractivity contribution in [2.75, 3.05) is 29.9 Å². The van der Waals surface area contributed by atoms with Crippen molar-refractivity contribution in [3.8, 4) is 0 Å². The van der Waals surface area contributed by atoms with E-state index in [9.17, 15) is 9.59 Å². The van der Waals surface area contributed by atoms with Gasteiger partial charge < -0.3 is 19.5 Å². The van der Waals surface area contributed by atoms with Crippen LogP contribution in [0.3, 0.4) is 0 Å². The lowest BCUT2D eigenvalue weighted by Crippen LogP contribution is -2.22. The lowest BCUT2D eigenvalue weighted by Gasteiger charge is -2.21. The second-order valence-electron chi connectivity index (χ2n) is 5.35. The van der Waals surface area contributed by atoms with Crippen LogP contribution in [0.2, 0.25) is 0 Å². The zero-order valence-electron chi connectivity index (χ0n) is 14.3.